The zero-order valence-corrected chi connectivity index (χ0v) is 13.2. The molecule has 8 heteroatoms. The molecule has 0 spiro atoms. The largest absolute Gasteiger partial charge is 0.465 e. The van der Waals surface area contributed by atoms with Crippen molar-refractivity contribution in [1.82, 2.24) is 19.9 Å². The van der Waals surface area contributed by atoms with Crippen LogP contribution in [0.15, 0.2) is 40.9 Å². The summed E-state index contributed by atoms with van der Waals surface area (Å²) >= 11 is 0. The summed E-state index contributed by atoms with van der Waals surface area (Å²) in [7, 11) is 0. The van der Waals surface area contributed by atoms with Gasteiger partial charge in [0.25, 0.3) is 0 Å². The van der Waals surface area contributed by atoms with Crippen molar-refractivity contribution < 1.29 is 14.0 Å². The molecule has 0 aliphatic rings. The molecule has 0 fully saturated rings. The lowest BCUT2D eigenvalue weighted by Crippen LogP contribution is -2.24. The average Bonchev–Trinajstić information content (AvgIpc) is 3.18. The van der Waals surface area contributed by atoms with E-state index in [1.54, 1.807) is 22.7 Å². The number of aromatic nitrogens is 3. The number of hydrogen-bond donors (Lipinski definition) is 2. The maximum Gasteiger partial charge on any atom is 0.235 e. The van der Waals surface area contributed by atoms with Crippen LogP contribution < -0.4 is 10.6 Å². The number of pyridine rings is 1. The first-order valence-corrected chi connectivity index (χ1v) is 7.53. The summed E-state index contributed by atoms with van der Waals surface area (Å²) in [4.78, 5) is 23.7. The third kappa shape index (κ3) is 3.78. The van der Waals surface area contributed by atoms with Gasteiger partial charge in [-0.3, -0.25) is 19.3 Å². The Bertz CT molecular complexity index is 867. The highest BCUT2D eigenvalue weighted by Gasteiger charge is 2.11. The highest BCUT2D eigenvalue weighted by Crippen LogP contribution is 2.08. The topological polar surface area (TPSA) is 102 Å². The third-order valence-electron chi connectivity index (χ3n) is 3.40. The minimum atomic E-state index is -0.294. The number of nitrogens with zero attached hydrogens (tertiary/aromatic N) is 3. The number of carbonyl (C=O) groups excluding carboxylic acids is 2. The molecule has 0 aromatic carbocycles. The Balaban J connectivity index is 1.46. The van der Waals surface area contributed by atoms with Crippen LogP contribution in [0.5, 0.6) is 0 Å². The lowest BCUT2D eigenvalue weighted by Gasteiger charge is -2.04. The van der Waals surface area contributed by atoms with E-state index >= 15 is 0 Å². The lowest BCUT2D eigenvalue weighted by molar-refractivity contribution is -0.124. The summed E-state index contributed by atoms with van der Waals surface area (Å²) in [5.41, 5.74) is 0.638. The zero-order chi connectivity index (χ0) is 16.9. The molecule has 3 aromatic heterocycles. The Morgan fingerprint density at radius 3 is 2.75 bits per heavy atom. The van der Waals surface area contributed by atoms with E-state index in [9.17, 15) is 9.59 Å². The first kappa shape index (κ1) is 15.7. The number of amides is 2. The Morgan fingerprint density at radius 1 is 1.12 bits per heavy atom. The van der Waals surface area contributed by atoms with E-state index < -0.39 is 0 Å². The normalized spacial score (nSPS) is 10.7. The van der Waals surface area contributed by atoms with Gasteiger partial charge in [0, 0.05) is 19.0 Å². The molecule has 2 amide bonds. The molecule has 3 rings (SSSR count). The minimum Gasteiger partial charge on any atom is -0.465 e. The van der Waals surface area contributed by atoms with Crippen LogP contribution in [0.4, 0.5) is 5.95 Å². The predicted octanol–water partition coefficient (Wildman–Crippen LogP) is 1.67. The molecule has 3 aromatic rings. The second-order valence-corrected chi connectivity index (χ2v) is 5.29. The van der Waals surface area contributed by atoms with Gasteiger partial charge in [-0.1, -0.05) is 6.07 Å². The fourth-order valence-electron chi connectivity index (χ4n) is 2.20. The van der Waals surface area contributed by atoms with Crippen molar-refractivity contribution in [2.75, 3.05) is 5.32 Å². The number of rotatable bonds is 6. The van der Waals surface area contributed by atoms with Crippen molar-refractivity contribution in [3.8, 4) is 0 Å². The predicted molar refractivity (Wildman–Crippen MR) is 86.1 cm³/mol. The summed E-state index contributed by atoms with van der Waals surface area (Å²) < 4.78 is 7.02. The SMILES string of the molecule is Cc1ccc(CNC(=O)CCC(=O)Nc2nnc3ccccn23)o1. The second-order valence-electron chi connectivity index (χ2n) is 5.29. The Morgan fingerprint density at radius 2 is 1.96 bits per heavy atom. The Labute approximate surface area is 137 Å². The van der Waals surface area contributed by atoms with Gasteiger partial charge in [-0.25, -0.2) is 0 Å². The van der Waals surface area contributed by atoms with Crippen LogP contribution in [0.2, 0.25) is 0 Å². The van der Waals surface area contributed by atoms with Crippen LogP contribution in [0, 0.1) is 6.92 Å². The molecule has 0 aliphatic heterocycles. The number of nitrogens with one attached hydrogen (secondary N) is 2. The van der Waals surface area contributed by atoms with Gasteiger partial charge in [-0.15, -0.1) is 10.2 Å². The van der Waals surface area contributed by atoms with E-state index in [0.717, 1.165) is 5.76 Å². The molecule has 2 N–H and O–H groups in total. The Hall–Kier alpha value is -3.16. The molecule has 0 aliphatic carbocycles. The van der Waals surface area contributed by atoms with Gasteiger partial charge >= 0.3 is 0 Å². The zero-order valence-electron chi connectivity index (χ0n) is 13.2. The first-order chi connectivity index (χ1) is 11.6. The van der Waals surface area contributed by atoms with Crippen LogP contribution in [0.1, 0.15) is 24.4 Å². The second kappa shape index (κ2) is 6.95. The molecule has 3 heterocycles. The summed E-state index contributed by atoms with van der Waals surface area (Å²) in [6, 6.07) is 9.07. The van der Waals surface area contributed by atoms with Crippen molar-refractivity contribution in [2.24, 2.45) is 0 Å². The monoisotopic (exact) mass is 327 g/mol. The number of aryl methyl sites for hydroxylation is 1. The number of fused-ring (bicyclic) bond motifs is 1. The summed E-state index contributed by atoms with van der Waals surface area (Å²) in [6.45, 7) is 2.15. The minimum absolute atomic E-state index is 0.0603. The molecule has 0 atom stereocenters. The van der Waals surface area contributed by atoms with Crippen molar-refractivity contribution in [2.45, 2.75) is 26.3 Å². The van der Waals surface area contributed by atoms with E-state index in [4.69, 9.17) is 4.42 Å². The van der Waals surface area contributed by atoms with Crippen molar-refractivity contribution in [3.63, 3.8) is 0 Å². The van der Waals surface area contributed by atoms with E-state index in [1.165, 1.54) is 0 Å². The number of hydrogen-bond acceptors (Lipinski definition) is 5. The van der Waals surface area contributed by atoms with Crippen LogP contribution in [-0.4, -0.2) is 26.4 Å². The van der Waals surface area contributed by atoms with Crippen molar-refractivity contribution in [3.05, 3.63) is 48.0 Å². The molecule has 8 nitrogen and oxygen atoms in total. The summed E-state index contributed by atoms with van der Waals surface area (Å²) in [5.74, 6) is 1.30. The molecule has 0 unspecified atom stereocenters. The van der Waals surface area contributed by atoms with Crippen LogP contribution in [0.25, 0.3) is 5.65 Å². The Kier molecular flexibility index (Phi) is 4.55. The van der Waals surface area contributed by atoms with Crippen LogP contribution >= 0.6 is 0 Å². The lowest BCUT2D eigenvalue weighted by atomic mass is 10.3. The van der Waals surface area contributed by atoms with E-state index in [0.29, 0.717) is 23.9 Å². The standard InChI is InChI=1S/C16H17N5O3/c1-11-5-6-12(24-11)10-17-14(22)7-8-15(23)18-16-20-19-13-4-2-3-9-21(13)16/h2-6,9H,7-8,10H2,1H3,(H,17,22)(H,18,20,23). The van der Waals surface area contributed by atoms with E-state index in [2.05, 4.69) is 20.8 Å². The van der Waals surface area contributed by atoms with Crippen molar-refractivity contribution in [1.29, 1.82) is 0 Å². The first-order valence-electron chi connectivity index (χ1n) is 7.53. The van der Waals surface area contributed by atoms with Gasteiger partial charge in [0.05, 0.1) is 6.54 Å². The molecule has 0 saturated carbocycles. The molecule has 124 valence electrons. The van der Waals surface area contributed by atoms with Crippen LogP contribution in [0.3, 0.4) is 0 Å². The number of furan rings is 1. The van der Waals surface area contributed by atoms with Gasteiger partial charge in [0.15, 0.2) is 5.65 Å². The molecule has 0 radical (unpaired) electrons. The summed E-state index contributed by atoms with van der Waals surface area (Å²) in [5, 5.41) is 13.2. The third-order valence-corrected chi connectivity index (χ3v) is 3.40. The summed E-state index contributed by atoms with van der Waals surface area (Å²) in [6.07, 6.45) is 1.90. The molecule has 0 saturated heterocycles. The van der Waals surface area contributed by atoms with Gasteiger partial charge < -0.3 is 9.73 Å². The maximum absolute atomic E-state index is 11.9. The van der Waals surface area contributed by atoms with Crippen molar-refractivity contribution >= 4 is 23.4 Å². The highest BCUT2D eigenvalue weighted by atomic mass is 16.3. The average molecular weight is 327 g/mol. The maximum atomic E-state index is 11.9. The fourth-order valence-corrected chi connectivity index (χ4v) is 2.20. The quantitative estimate of drug-likeness (QED) is 0.717. The van der Waals surface area contributed by atoms with Crippen LogP contribution in [-0.2, 0) is 16.1 Å². The molecule has 0 bridgehead atoms. The molecular weight excluding hydrogens is 310 g/mol. The highest BCUT2D eigenvalue weighted by molar-refractivity contribution is 5.92. The van der Waals surface area contributed by atoms with Gasteiger partial charge in [0.1, 0.15) is 11.5 Å². The van der Waals surface area contributed by atoms with E-state index in [-0.39, 0.29) is 24.7 Å². The van der Waals surface area contributed by atoms with Gasteiger partial charge in [-0.2, -0.15) is 0 Å². The molecule has 24 heavy (non-hydrogen) atoms. The number of carbonyl (C=O) groups is 2. The van der Waals surface area contributed by atoms with Gasteiger partial charge in [0.2, 0.25) is 17.8 Å². The van der Waals surface area contributed by atoms with E-state index in [1.807, 2.05) is 25.1 Å². The smallest absolute Gasteiger partial charge is 0.235 e. The molecular formula is C16H17N5O3. The fraction of sp³-hybridized carbons (Fsp3) is 0.250. The van der Waals surface area contributed by atoms with Gasteiger partial charge in [-0.05, 0) is 31.2 Å². The number of anilines is 1.